The Kier molecular flexibility index (Phi) is 3.63. The predicted octanol–water partition coefficient (Wildman–Crippen LogP) is 2.44. The van der Waals surface area contributed by atoms with E-state index in [4.69, 9.17) is 0 Å². The molecule has 0 bridgehead atoms. The highest BCUT2D eigenvalue weighted by atomic mass is 16.1. The minimum Gasteiger partial charge on any atom is -0.289 e. The monoisotopic (exact) mass is 192 g/mol. The van der Waals surface area contributed by atoms with Gasteiger partial charge in [-0.25, -0.2) is 0 Å². The van der Waals surface area contributed by atoms with Gasteiger partial charge in [0.2, 0.25) is 0 Å². The summed E-state index contributed by atoms with van der Waals surface area (Å²) in [4.78, 5) is 11.5. The quantitative estimate of drug-likeness (QED) is 0.542. The molecule has 1 rings (SSSR count). The summed E-state index contributed by atoms with van der Waals surface area (Å²) in [5.74, 6) is 0.0346. The van der Waals surface area contributed by atoms with Crippen LogP contribution in [0.5, 0.6) is 0 Å². The molecule has 0 radical (unpaired) electrons. The lowest BCUT2D eigenvalue weighted by molar-refractivity contribution is 0.104. The first-order valence-corrected chi connectivity index (χ1v) is 4.85. The molecule has 1 heterocycles. The number of nitrogens with zero attached hydrogens (tertiary/aromatic N) is 2. The smallest absolute Gasteiger partial charge is 0.188 e. The van der Waals surface area contributed by atoms with Crippen molar-refractivity contribution in [3.05, 3.63) is 29.6 Å². The van der Waals surface area contributed by atoms with Gasteiger partial charge in [0.15, 0.2) is 5.78 Å². The maximum atomic E-state index is 11.5. The van der Waals surface area contributed by atoms with Gasteiger partial charge in [-0.3, -0.25) is 9.48 Å². The lowest BCUT2D eigenvalue weighted by Crippen LogP contribution is -1.97. The summed E-state index contributed by atoms with van der Waals surface area (Å²) in [6, 6.07) is 0. The molecule has 0 aliphatic carbocycles. The van der Waals surface area contributed by atoms with Gasteiger partial charge < -0.3 is 0 Å². The van der Waals surface area contributed by atoms with Crippen molar-refractivity contribution in [2.24, 2.45) is 0 Å². The molecule has 14 heavy (non-hydrogen) atoms. The van der Waals surface area contributed by atoms with Gasteiger partial charge in [0, 0.05) is 12.7 Å². The number of hydrogen-bond donors (Lipinski definition) is 0. The van der Waals surface area contributed by atoms with Gasteiger partial charge in [-0.2, -0.15) is 5.10 Å². The molecule has 0 aliphatic rings. The molecule has 0 saturated carbocycles. The molecule has 3 heteroatoms. The normalized spacial score (nSPS) is 9.93. The van der Waals surface area contributed by atoms with Crippen LogP contribution in [-0.2, 0) is 6.54 Å². The van der Waals surface area contributed by atoms with Crippen LogP contribution in [0.2, 0.25) is 0 Å². The van der Waals surface area contributed by atoms with Crippen LogP contribution in [0.1, 0.15) is 37.6 Å². The Bertz CT molecular complexity index is 346. The highest BCUT2D eigenvalue weighted by Crippen LogP contribution is 2.03. The molecular weight excluding hydrogens is 176 g/mol. The zero-order chi connectivity index (χ0) is 10.6. The summed E-state index contributed by atoms with van der Waals surface area (Å²) >= 11 is 0. The summed E-state index contributed by atoms with van der Waals surface area (Å²) in [7, 11) is 0. The van der Waals surface area contributed by atoms with E-state index in [0.29, 0.717) is 5.56 Å². The Morgan fingerprint density at radius 2 is 2.29 bits per heavy atom. The van der Waals surface area contributed by atoms with E-state index in [1.807, 2.05) is 13.8 Å². The molecule has 0 unspecified atom stereocenters. The fourth-order valence-electron chi connectivity index (χ4n) is 1.19. The molecule has 76 valence electrons. The van der Waals surface area contributed by atoms with Crippen LogP contribution >= 0.6 is 0 Å². The Morgan fingerprint density at radius 1 is 1.57 bits per heavy atom. The van der Waals surface area contributed by atoms with E-state index in [0.717, 1.165) is 18.5 Å². The van der Waals surface area contributed by atoms with Gasteiger partial charge in [-0.1, -0.05) is 12.5 Å². The average Bonchev–Trinajstić information content (AvgIpc) is 2.52. The van der Waals surface area contributed by atoms with Crippen molar-refractivity contribution >= 4 is 5.78 Å². The maximum absolute atomic E-state index is 11.5. The second-order valence-corrected chi connectivity index (χ2v) is 3.58. The molecule has 0 N–H and O–H groups in total. The molecular formula is C11H16N2O. The topological polar surface area (TPSA) is 34.9 Å². The predicted molar refractivity (Wildman–Crippen MR) is 56.3 cm³/mol. The lowest BCUT2D eigenvalue weighted by atomic mass is 10.2. The van der Waals surface area contributed by atoms with Crippen LogP contribution in [0.25, 0.3) is 0 Å². The third-order valence-electron chi connectivity index (χ3n) is 1.79. The standard InChI is InChI=1S/C11H16N2O/c1-4-5-13-8-10(7-12-13)11(14)6-9(2)3/h6-8H,4-5H2,1-3H3. The fourth-order valence-corrected chi connectivity index (χ4v) is 1.19. The summed E-state index contributed by atoms with van der Waals surface area (Å²) in [5, 5.41) is 4.10. The zero-order valence-electron chi connectivity index (χ0n) is 8.95. The van der Waals surface area contributed by atoms with Crippen LogP contribution in [0.3, 0.4) is 0 Å². The number of hydrogen-bond acceptors (Lipinski definition) is 2. The van der Waals surface area contributed by atoms with E-state index in [1.54, 1.807) is 23.2 Å². The number of aryl methyl sites for hydroxylation is 1. The number of carbonyl (C=O) groups is 1. The molecule has 0 atom stereocenters. The molecule has 0 aromatic carbocycles. The van der Waals surface area contributed by atoms with Crippen molar-refractivity contribution < 1.29 is 4.79 Å². The molecule has 0 fully saturated rings. The number of allylic oxidation sites excluding steroid dienone is 2. The van der Waals surface area contributed by atoms with Crippen molar-refractivity contribution in [1.82, 2.24) is 9.78 Å². The Morgan fingerprint density at radius 3 is 2.86 bits per heavy atom. The molecule has 3 nitrogen and oxygen atoms in total. The zero-order valence-corrected chi connectivity index (χ0v) is 8.95. The van der Waals surface area contributed by atoms with E-state index in [2.05, 4.69) is 12.0 Å². The largest absolute Gasteiger partial charge is 0.289 e. The Balaban J connectivity index is 2.76. The fraction of sp³-hybridized carbons (Fsp3) is 0.455. The molecule has 0 amide bonds. The number of ketones is 1. The summed E-state index contributed by atoms with van der Waals surface area (Å²) < 4.78 is 1.80. The number of aromatic nitrogens is 2. The second-order valence-electron chi connectivity index (χ2n) is 3.58. The van der Waals surface area contributed by atoms with E-state index in [1.165, 1.54) is 0 Å². The van der Waals surface area contributed by atoms with Crippen molar-refractivity contribution in [2.45, 2.75) is 33.7 Å². The van der Waals surface area contributed by atoms with Crippen LogP contribution in [-0.4, -0.2) is 15.6 Å². The van der Waals surface area contributed by atoms with Crippen LogP contribution in [0, 0.1) is 0 Å². The first-order valence-electron chi connectivity index (χ1n) is 4.85. The molecule has 0 aliphatic heterocycles. The highest BCUT2D eigenvalue weighted by Gasteiger charge is 2.04. The molecule has 1 aromatic heterocycles. The minimum atomic E-state index is 0.0346. The maximum Gasteiger partial charge on any atom is 0.188 e. The van der Waals surface area contributed by atoms with Crippen LogP contribution < -0.4 is 0 Å². The van der Waals surface area contributed by atoms with E-state index < -0.39 is 0 Å². The van der Waals surface area contributed by atoms with Crippen molar-refractivity contribution in [1.29, 1.82) is 0 Å². The number of carbonyl (C=O) groups excluding carboxylic acids is 1. The van der Waals surface area contributed by atoms with Crippen molar-refractivity contribution in [2.75, 3.05) is 0 Å². The summed E-state index contributed by atoms with van der Waals surface area (Å²) in [5.41, 5.74) is 1.68. The Hall–Kier alpha value is -1.38. The van der Waals surface area contributed by atoms with Gasteiger partial charge in [0.25, 0.3) is 0 Å². The van der Waals surface area contributed by atoms with Crippen LogP contribution in [0.4, 0.5) is 0 Å². The Labute approximate surface area is 84.4 Å². The second kappa shape index (κ2) is 4.74. The van der Waals surface area contributed by atoms with Crippen molar-refractivity contribution in [3.8, 4) is 0 Å². The molecule has 0 spiro atoms. The van der Waals surface area contributed by atoms with Crippen molar-refractivity contribution in [3.63, 3.8) is 0 Å². The molecule has 0 saturated heterocycles. The first-order chi connectivity index (χ1) is 6.63. The van der Waals surface area contributed by atoms with E-state index in [9.17, 15) is 4.79 Å². The third kappa shape index (κ3) is 2.83. The van der Waals surface area contributed by atoms with Gasteiger partial charge in [0.05, 0.1) is 11.8 Å². The molecule has 1 aromatic rings. The highest BCUT2D eigenvalue weighted by molar-refractivity contribution is 6.04. The van der Waals surface area contributed by atoms with Gasteiger partial charge >= 0.3 is 0 Å². The number of rotatable bonds is 4. The van der Waals surface area contributed by atoms with Gasteiger partial charge in [-0.05, 0) is 26.3 Å². The van der Waals surface area contributed by atoms with Crippen LogP contribution in [0.15, 0.2) is 24.0 Å². The lowest BCUT2D eigenvalue weighted by Gasteiger charge is -1.94. The third-order valence-corrected chi connectivity index (χ3v) is 1.79. The summed E-state index contributed by atoms with van der Waals surface area (Å²) in [6.45, 7) is 6.77. The van der Waals surface area contributed by atoms with Gasteiger partial charge in [-0.15, -0.1) is 0 Å². The van der Waals surface area contributed by atoms with Gasteiger partial charge in [0.1, 0.15) is 0 Å². The van der Waals surface area contributed by atoms with E-state index in [-0.39, 0.29) is 5.78 Å². The summed E-state index contributed by atoms with van der Waals surface area (Å²) in [6.07, 6.45) is 6.08. The van der Waals surface area contributed by atoms with E-state index >= 15 is 0 Å². The SMILES string of the molecule is CCCn1cc(C(=O)C=C(C)C)cn1. The first kappa shape index (κ1) is 10.7. The minimum absolute atomic E-state index is 0.0346. The average molecular weight is 192 g/mol.